The Bertz CT molecular complexity index is 838. The van der Waals surface area contributed by atoms with Crippen LogP contribution in [0, 0.1) is 12.8 Å². The molecule has 148 valence electrons. The number of unbranched alkanes of at least 4 members (excludes halogenated alkanes) is 1. The lowest BCUT2D eigenvalue weighted by molar-refractivity contribution is -0.126. The van der Waals surface area contributed by atoms with E-state index in [9.17, 15) is 13.2 Å². The van der Waals surface area contributed by atoms with E-state index in [4.69, 9.17) is 0 Å². The van der Waals surface area contributed by atoms with Gasteiger partial charge in [0.25, 0.3) is 10.0 Å². The molecule has 0 aromatic carbocycles. The Morgan fingerprint density at radius 1 is 1.30 bits per heavy atom. The second kappa shape index (κ2) is 9.27. The van der Waals surface area contributed by atoms with Crippen molar-refractivity contribution in [3.63, 3.8) is 0 Å². The Labute approximate surface area is 168 Å². The molecule has 6 nitrogen and oxygen atoms in total. The van der Waals surface area contributed by atoms with E-state index in [1.807, 2.05) is 6.92 Å². The average molecular weight is 428 g/mol. The van der Waals surface area contributed by atoms with E-state index in [2.05, 4.69) is 15.7 Å². The first kappa shape index (κ1) is 20.4. The van der Waals surface area contributed by atoms with Crippen LogP contribution in [0.4, 0.5) is 0 Å². The number of thiophene rings is 1. The monoisotopic (exact) mass is 427 g/mol. The lowest BCUT2D eigenvalue weighted by Gasteiger charge is -2.30. The summed E-state index contributed by atoms with van der Waals surface area (Å²) in [6, 6.07) is 3.37. The summed E-state index contributed by atoms with van der Waals surface area (Å²) in [7, 11) is -3.40. The molecule has 1 saturated heterocycles. The Hall–Kier alpha value is -1.29. The number of carbonyl (C=O) groups is 1. The predicted molar refractivity (Wildman–Crippen MR) is 109 cm³/mol. The van der Waals surface area contributed by atoms with E-state index < -0.39 is 10.0 Å². The molecule has 3 heterocycles. The summed E-state index contributed by atoms with van der Waals surface area (Å²) in [5, 5.41) is 7.98. The van der Waals surface area contributed by atoms with Gasteiger partial charge in [0.15, 0.2) is 0 Å². The number of nitrogens with one attached hydrogen (secondary N) is 1. The van der Waals surface area contributed by atoms with Crippen molar-refractivity contribution >= 4 is 38.6 Å². The van der Waals surface area contributed by atoms with Crippen molar-refractivity contribution in [1.82, 2.24) is 14.6 Å². The topological polar surface area (TPSA) is 79.4 Å². The number of aryl methyl sites for hydroxylation is 2. The van der Waals surface area contributed by atoms with Crippen molar-refractivity contribution in [3.8, 4) is 0 Å². The zero-order valence-electron chi connectivity index (χ0n) is 15.4. The van der Waals surface area contributed by atoms with Crippen molar-refractivity contribution in [2.24, 2.45) is 5.92 Å². The smallest absolute Gasteiger partial charge is 0.252 e. The molecule has 2 aromatic heterocycles. The number of rotatable bonds is 8. The molecular formula is C18H25N3O3S3. The van der Waals surface area contributed by atoms with Crippen LogP contribution >= 0.6 is 22.7 Å². The molecule has 0 atom stereocenters. The molecule has 0 radical (unpaired) electrons. The van der Waals surface area contributed by atoms with Gasteiger partial charge >= 0.3 is 0 Å². The molecular weight excluding hydrogens is 402 g/mol. The normalized spacial score (nSPS) is 16.5. The first-order chi connectivity index (χ1) is 13.0. The van der Waals surface area contributed by atoms with Crippen LogP contribution in [0.2, 0.25) is 0 Å². The Kier molecular flexibility index (Phi) is 7.02. The van der Waals surface area contributed by atoms with Crippen molar-refractivity contribution in [1.29, 1.82) is 0 Å². The predicted octanol–water partition coefficient (Wildman–Crippen LogP) is 3.05. The number of hydrogen-bond donors (Lipinski definition) is 1. The lowest BCUT2D eigenvalue weighted by atomic mass is 9.97. The average Bonchev–Trinajstić information content (AvgIpc) is 3.33. The van der Waals surface area contributed by atoms with Gasteiger partial charge in [0.05, 0.1) is 5.01 Å². The lowest BCUT2D eigenvalue weighted by Crippen LogP contribution is -2.43. The van der Waals surface area contributed by atoms with E-state index in [1.54, 1.807) is 28.8 Å². The number of sulfonamides is 1. The highest BCUT2D eigenvalue weighted by molar-refractivity contribution is 7.91. The number of thiazole rings is 1. The SMILES string of the molecule is Cc1csc(CCCCNC(=O)C2CCN(S(=O)(=O)c3cccs3)CC2)n1. The molecule has 1 aliphatic heterocycles. The standard InChI is InChI=1S/C18H25N3O3S3/c1-14-13-26-16(20-14)5-2-3-9-19-18(22)15-7-10-21(11-8-15)27(23,24)17-6-4-12-25-17/h4,6,12-13,15H,2-3,5,7-11H2,1H3,(H,19,22). The third kappa shape index (κ3) is 5.37. The first-order valence-corrected chi connectivity index (χ1v) is 12.4. The maximum Gasteiger partial charge on any atom is 0.252 e. The van der Waals surface area contributed by atoms with Crippen LogP contribution in [0.1, 0.15) is 36.4 Å². The fraction of sp³-hybridized carbons (Fsp3) is 0.556. The van der Waals surface area contributed by atoms with E-state index in [0.717, 1.165) is 30.0 Å². The maximum atomic E-state index is 12.5. The van der Waals surface area contributed by atoms with E-state index in [1.165, 1.54) is 15.6 Å². The van der Waals surface area contributed by atoms with Crippen molar-refractivity contribution in [2.45, 2.75) is 43.2 Å². The van der Waals surface area contributed by atoms with Crippen LogP contribution < -0.4 is 5.32 Å². The fourth-order valence-electron chi connectivity index (χ4n) is 3.17. The van der Waals surface area contributed by atoms with Gasteiger partial charge < -0.3 is 5.32 Å². The molecule has 3 rings (SSSR count). The number of hydrogen-bond acceptors (Lipinski definition) is 6. The summed E-state index contributed by atoms with van der Waals surface area (Å²) >= 11 is 2.92. The molecule has 1 aliphatic rings. The summed E-state index contributed by atoms with van der Waals surface area (Å²) in [5.41, 5.74) is 1.07. The van der Waals surface area contributed by atoms with Gasteiger partial charge in [-0.25, -0.2) is 13.4 Å². The van der Waals surface area contributed by atoms with Crippen LogP contribution in [0.15, 0.2) is 27.1 Å². The van der Waals surface area contributed by atoms with Crippen LogP contribution in [0.25, 0.3) is 0 Å². The van der Waals surface area contributed by atoms with Crippen LogP contribution in [0.5, 0.6) is 0 Å². The molecule has 9 heteroatoms. The molecule has 0 saturated carbocycles. The number of piperidine rings is 1. The van der Waals surface area contributed by atoms with Crippen molar-refractivity contribution in [2.75, 3.05) is 19.6 Å². The van der Waals surface area contributed by atoms with E-state index in [0.29, 0.717) is 36.7 Å². The van der Waals surface area contributed by atoms with Crippen molar-refractivity contribution < 1.29 is 13.2 Å². The third-order valence-electron chi connectivity index (χ3n) is 4.70. The second-order valence-electron chi connectivity index (χ2n) is 6.74. The highest BCUT2D eigenvalue weighted by Crippen LogP contribution is 2.26. The summed E-state index contributed by atoms with van der Waals surface area (Å²) in [6.07, 6.45) is 4.04. The van der Waals surface area contributed by atoms with E-state index >= 15 is 0 Å². The molecule has 1 N–H and O–H groups in total. The van der Waals surface area contributed by atoms with Gasteiger partial charge in [0.1, 0.15) is 4.21 Å². The first-order valence-electron chi connectivity index (χ1n) is 9.19. The molecule has 0 unspecified atom stereocenters. The summed E-state index contributed by atoms with van der Waals surface area (Å²) in [4.78, 5) is 16.8. The van der Waals surface area contributed by atoms with Crippen LogP contribution in [-0.2, 0) is 21.2 Å². The minimum absolute atomic E-state index is 0.0493. The summed E-state index contributed by atoms with van der Waals surface area (Å²) in [5.74, 6) is -0.0466. The largest absolute Gasteiger partial charge is 0.356 e. The van der Waals surface area contributed by atoms with Gasteiger partial charge in [-0.2, -0.15) is 4.31 Å². The second-order valence-corrected chi connectivity index (χ2v) is 10.8. The molecule has 1 fully saturated rings. The zero-order chi connectivity index (χ0) is 19.3. The number of nitrogens with zero attached hydrogens (tertiary/aromatic N) is 2. The Morgan fingerprint density at radius 2 is 2.07 bits per heavy atom. The molecule has 0 aliphatic carbocycles. The van der Waals surface area contributed by atoms with Gasteiger partial charge in [-0.3, -0.25) is 4.79 Å². The van der Waals surface area contributed by atoms with Gasteiger partial charge in [-0.05, 0) is 50.5 Å². The third-order valence-corrected chi connectivity index (χ3v) is 9.00. The molecule has 1 amide bonds. The minimum Gasteiger partial charge on any atom is -0.356 e. The molecule has 2 aromatic rings. The van der Waals surface area contributed by atoms with Crippen LogP contribution in [0.3, 0.4) is 0 Å². The highest BCUT2D eigenvalue weighted by Gasteiger charge is 2.32. The fourth-order valence-corrected chi connectivity index (χ4v) is 6.60. The van der Waals surface area contributed by atoms with E-state index in [-0.39, 0.29) is 11.8 Å². The minimum atomic E-state index is -3.40. The maximum absolute atomic E-state index is 12.5. The number of carbonyl (C=O) groups excluding carboxylic acids is 1. The molecule has 0 bridgehead atoms. The summed E-state index contributed by atoms with van der Waals surface area (Å²) in [6.45, 7) is 3.47. The zero-order valence-corrected chi connectivity index (χ0v) is 17.8. The van der Waals surface area contributed by atoms with Gasteiger partial charge in [0, 0.05) is 36.6 Å². The van der Waals surface area contributed by atoms with Gasteiger partial charge in [-0.15, -0.1) is 22.7 Å². The number of amides is 1. The van der Waals surface area contributed by atoms with Gasteiger partial charge in [0.2, 0.25) is 5.91 Å². The van der Waals surface area contributed by atoms with Gasteiger partial charge in [-0.1, -0.05) is 6.07 Å². The quantitative estimate of drug-likeness (QED) is 0.657. The molecule has 27 heavy (non-hydrogen) atoms. The summed E-state index contributed by atoms with van der Waals surface area (Å²) < 4.78 is 26.9. The van der Waals surface area contributed by atoms with Crippen molar-refractivity contribution in [3.05, 3.63) is 33.6 Å². The van der Waals surface area contributed by atoms with Crippen LogP contribution in [-0.4, -0.2) is 43.2 Å². The number of aromatic nitrogens is 1. The Morgan fingerprint density at radius 3 is 2.70 bits per heavy atom. The molecule has 0 spiro atoms. The highest BCUT2D eigenvalue weighted by atomic mass is 32.2. The Balaban J connectivity index is 1.36.